The number of aryl methyl sites for hydroxylation is 2. The molecule has 3 N–H and O–H groups in total. The second kappa shape index (κ2) is 16.9. The first-order valence-corrected chi connectivity index (χ1v) is 14.3. The van der Waals surface area contributed by atoms with E-state index in [1.54, 1.807) is 0 Å². The summed E-state index contributed by atoms with van der Waals surface area (Å²) in [5, 5.41) is 15.0. The van der Waals surface area contributed by atoms with E-state index >= 15 is 0 Å². The van der Waals surface area contributed by atoms with Crippen LogP contribution in [0.25, 0.3) is 5.57 Å². The molecule has 3 aromatic carbocycles. The zero-order valence-corrected chi connectivity index (χ0v) is 25.0. The Kier molecular flexibility index (Phi) is 13.3. The van der Waals surface area contributed by atoms with E-state index < -0.39 is 0 Å². The third-order valence-electron chi connectivity index (χ3n) is 6.30. The van der Waals surface area contributed by atoms with Crippen LogP contribution in [0.2, 0.25) is 15.1 Å². The molecule has 0 fully saturated rings. The summed E-state index contributed by atoms with van der Waals surface area (Å²) in [6.07, 6.45) is 2.43. The van der Waals surface area contributed by atoms with Crippen molar-refractivity contribution in [3.05, 3.63) is 98.0 Å². The van der Waals surface area contributed by atoms with Gasteiger partial charge in [-0.3, -0.25) is 9.59 Å². The van der Waals surface area contributed by atoms with Crippen molar-refractivity contribution in [2.75, 3.05) is 32.8 Å². The third kappa shape index (κ3) is 9.97. The first-order chi connectivity index (χ1) is 19.8. The average molecular weight is 620 g/mol. The van der Waals surface area contributed by atoms with Gasteiger partial charge in [-0.25, -0.2) is 0 Å². The summed E-state index contributed by atoms with van der Waals surface area (Å²) in [6.45, 7) is 4.29. The molecule has 0 unspecified atom stereocenters. The van der Waals surface area contributed by atoms with Crippen molar-refractivity contribution < 1.29 is 24.2 Å². The molecule has 4 rings (SSSR count). The van der Waals surface area contributed by atoms with Gasteiger partial charge in [-0.1, -0.05) is 65.1 Å². The van der Waals surface area contributed by atoms with E-state index in [1.807, 2.05) is 67.6 Å². The number of rotatable bonds is 11. The van der Waals surface area contributed by atoms with Crippen LogP contribution in [0.15, 0.2) is 66.2 Å². The number of benzene rings is 3. The molecule has 0 aromatic heterocycles. The molecule has 1 heterocycles. The van der Waals surface area contributed by atoms with E-state index in [4.69, 9.17) is 54.2 Å². The highest BCUT2D eigenvalue weighted by Crippen LogP contribution is 2.34. The first-order valence-electron chi connectivity index (χ1n) is 13.2. The van der Waals surface area contributed by atoms with Gasteiger partial charge in [0, 0.05) is 23.7 Å². The minimum Gasteiger partial charge on any atom is -0.490 e. The molecular formula is C31H33Cl3N2O5. The maximum atomic E-state index is 13.0. The predicted molar refractivity (Wildman–Crippen MR) is 165 cm³/mol. The number of hydrogen-bond acceptors (Lipinski definition) is 5. The van der Waals surface area contributed by atoms with Gasteiger partial charge in [0.05, 0.1) is 10.0 Å². The molecule has 0 atom stereocenters. The Balaban J connectivity index is 0.00000147. The molecule has 218 valence electrons. The Morgan fingerprint density at radius 1 is 1.00 bits per heavy atom. The number of halogens is 3. The molecule has 7 nitrogen and oxygen atoms in total. The van der Waals surface area contributed by atoms with Gasteiger partial charge in [-0.15, -0.1) is 0 Å². The van der Waals surface area contributed by atoms with Crippen LogP contribution in [-0.4, -0.2) is 50.3 Å². The van der Waals surface area contributed by atoms with Crippen molar-refractivity contribution >= 4 is 52.8 Å². The highest BCUT2D eigenvalue weighted by atomic mass is 35.5. The number of hydrogen-bond donors (Lipinski definition) is 3. The molecule has 3 aromatic rings. The van der Waals surface area contributed by atoms with Crippen LogP contribution in [0.4, 0.5) is 0 Å². The molecule has 1 aliphatic rings. The molecule has 1 aliphatic heterocycles. The SMILES string of the molecule is Cc1cc(Cl)c(OCCOc2ccc(C3=C(C(=O)NCCCc4ccccc4Cl)CNCC3)cc2)c(Cl)c1.O=CO. The van der Waals surface area contributed by atoms with Gasteiger partial charge in [-0.05, 0) is 85.3 Å². The predicted octanol–water partition coefficient (Wildman–Crippen LogP) is 6.61. The van der Waals surface area contributed by atoms with E-state index in [9.17, 15) is 4.79 Å². The van der Waals surface area contributed by atoms with Crippen LogP contribution in [0.3, 0.4) is 0 Å². The van der Waals surface area contributed by atoms with Crippen LogP contribution in [0.5, 0.6) is 11.5 Å². The molecule has 0 spiro atoms. The maximum absolute atomic E-state index is 13.0. The van der Waals surface area contributed by atoms with E-state index in [2.05, 4.69) is 10.6 Å². The molecule has 10 heteroatoms. The summed E-state index contributed by atoms with van der Waals surface area (Å²) in [5.41, 5.74) is 4.93. The molecule has 41 heavy (non-hydrogen) atoms. The van der Waals surface area contributed by atoms with Crippen LogP contribution in [-0.2, 0) is 16.0 Å². The van der Waals surface area contributed by atoms with E-state index in [0.29, 0.717) is 42.1 Å². The minimum absolute atomic E-state index is 0.0303. The van der Waals surface area contributed by atoms with Crippen molar-refractivity contribution in [1.82, 2.24) is 10.6 Å². The molecule has 0 saturated carbocycles. The topological polar surface area (TPSA) is 96.9 Å². The second-order valence-corrected chi connectivity index (χ2v) is 10.4. The van der Waals surface area contributed by atoms with Crippen molar-refractivity contribution in [3.8, 4) is 11.5 Å². The maximum Gasteiger partial charge on any atom is 0.290 e. The van der Waals surface area contributed by atoms with Crippen LogP contribution in [0.1, 0.15) is 29.5 Å². The lowest BCUT2D eigenvalue weighted by Crippen LogP contribution is -2.35. The lowest BCUT2D eigenvalue weighted by Gasteiger charge is -2.21. The highest BCUT2D eigenvalue weighted by Gasteiger charge is 2.20. The fourth-order valence-corrected chi connectivity index (χ4v) is 5.32. The number of carbonyl (C=O) groups is 2. The zero-order chi connectivity index (χ0) is 29.6. The number of carbonyl (C=O) groups excluding carboxylic acids is 1. The Bertz CT molecular complexity index is 1320. The van der Waals surface area contributed by atoms with Gasteiger partial charge in [-0.2, -0.15) is 0 Å². The summed E-state index contributed by atoms with van der Waals surface area (Å²) in [7, 11) is 0. The summed E-state index contributed by atoms with van der Waals surface area (Å²) in [4.78, 5) is 21.4. The molecular weight excluding hydrogens is 587 g/mol. The summed E-state index contributed by atoms with van der Waals surface area (Å²) in [6, 6.07) is 19.2. The molecule has 1 amide bonds. The Morgan fingerprint density at radius 3 is 2.34 bits per heavy atom. The van der Waals surface area contributed by atoms with Gasteiger partial charge < -0.3 is 25.2 Å². The highest BCUT2D eigenvalue weighted by molar-refractivity contribution is 6.37. The Hall–Kier alpha value is -3.23. The van der Waals surface area contributed by atoms with Gasteiger partial charge in [0.25, 0.3) is 6.47 Å². The van der Waals surface area contributed by atoms with Gasteiger partial charge in [0.15, 0.2) is 5.75 Å². The van der Waals surface area contributed by atoms with Gasteiger partial charge in [0.1, 0.15) is 19.0 Å². The lowest BCUT2D eigenvalue weighted by molar-refractivity contribution is -0.123. The van der Waals surface area contributed by atoms with Crippen molar-refractivity contribution in [2.24, 2.45) is 0 Å². The summed E-state index contributed by atoms with van der Waals surface area (Å²) >= 11 is 18.7. The Labute approximate surface area is 255 Å². The van der Waals surface area contributed by atoms with Crippen molar-refractivity contribution in [1.29, 1.82) is 0 Å². The van der Waals surface area contributed by atoms with Gasteiger partial charge >= 0.3 is 0 Å². The number of carboxylic acid groups (broad SMARTS) is 1. The third-order valence-corrected chi connectivity index (χ3v) is 7.23. The fraction of sp³-hybridized carbons (Fsp3) is 0.290. The second-order valence-electron chi connectivity index (χ2n) is 9.22. The summed E-state index contributed by atoms with van der Waals surface area (Å²) < 4.78 is 11.6. The smallest absolute Gasteiger partial charge is 0.290 e. The quantitative estimate of drug-likeness (QED) is 0.165. The number of nitrogens with one attached hydrogen (secondary N) is 2. The van der Waals surface area contributed by atoms with Crippen LogP contribution >= 0.6 is 34.8 Å². The zero-order valence-electron chi connectivity index (χ0n) is 22.7. The minimum atomic E-state index is -0.250. The largest absolute Gasteiger partial charge is 0.490 e. The molecule has 0 saturated heterocycles. The van der Waals surface area contributed by atoms with Crippen LogP contribution < -0.4 is 20.1 Å². The van der Waals surface area contributed by atoms with E-state index in [-0.39, 0.29) is 12.4 Å². The van der Waals surface area contributed by atoms with Gasteiger partial charge in [0.2, 0.25) is 5.91 Å². The van der Waals surface area contributed by atoms with E-state index in [0.717, 1.165) is 64.4 Å². The molecule has 0 radical (unpaired) electrons. The summed E-state index contributed by atoms with van der Waals surface area (Å²) in [5.74, 6) is 1.15. The lowest BCUT2D eigenvalue weighted by atomic mass is 9.93. The first kappa shape index (κ1) is 32.3. The number of amides is 1. The normalized spacial score (nSPS) is 12.7. The van der Waals surface area contributed by atoms with Crippen molar-refractivity contribution in [3.63, 3.8) is 0 Å². The fourth-order valence-electron chi connectivity index (χ4n) is 4.39. The number of ether oxygens (including phenoxy) is 2. The Morgan fingerprint density at radius 2 is 1.66 bits per heavy atom. The molecule has 0 bridgehead atoms. The van der Waals surface area contributed by atoms with Crippen LogP contribution in [0, 0.1) is 6.92 Å². The average Bonchev–Trinajstić information content (AvgIpc) is 2.96. The standard InChI is InChI=1S/C30H31Cl3N2O3.CH2O2/c1-20-17-27(32)29(28(33)18-20)38-16-15-37-23-10-8-21(9-11-23)24-12-14-34-19-25(24)30(36)35-13-4-6-22-5-2-3-7-26(22)31;2-1-3/h2-3,5,7-11,17-18,34H,4,6,12-16,19H2,1H3,(H,35,36);1H,(H,2,3). The van der Waals surface area contributed by atoms with E-state index in [1.165, 1.54) is 0 Å². The van der Waals surface area contributed by atoms with Crippen molar-refractivity contribution in [2.45, 2.75) is 26.2 Å². The monoisotopic (exact) mass is 618 g/mol. The molecule has 0 aliphatic carbocycles.